The van der Waals surface area contributed by atoms with Crippen LogP contribution in [0.5, 0.6) is 11.5 Å². The van der Waals surface area contributed by atoms with Crippen molar-refractivity contribution in [2.75, 3.05) is 25.7 Å². The Morgan fingerprint density at radius 1 is 1.12 bits per heavy atom. The second kappa shape index (κ2) is 10.1. The quantitative estimate of drug-likeness (QED) is 0.314. The van der Waals surface area contributed by atoms with Crippen molar-refractivity contribution in [2.45, 2.75) is 46.1 Å². The summed E-state index contributed by atoms with van der Waals surface area (Å²) in [6, 6.07) is 9.44. The zero-order chi connectivity index (χ0) is 24.4. The van der Waals surface area contributed by atoms with Crippen LogP contribution < -0.4 is 14.4 Å². The zero-order valence-corrected chi connectivity index (χ0v) is 21.3. The fourth-order valence-corrected chi connectivity index (χ4v) is 5.31. The lowest BCUT2D eigenvalue weighted by Crippen LogP contribution is -2.29. The Morgan fingerprint density at radius 3 is 2.47 bits per heavy atom. The second-order valence-electron chi connectivity index (χ2n) is 8.96. The number of aromatic nitrogens is 1. The molecule has 0 spiro atoms. The highest BCUT2D eigenvalue weighted by atomic mass is 32.1. The van der Waals surface area contributed by atoms with Crippen LogP contribution in [-0.2, 0) is 0 Å². The van der Waals surface area contributed by atoms with E-state index < -0.39 is 0 Å². The normalized spacial score (nSPS) is 13.9. The molecule has 178 valence electrons. The molecule has 1 aliphatic rings. The van der Waals surface area contributed by atoms with E-state index in [9.17, 15) is 4.39 Å². The van der Waals surface area contributed by atoms with E-state index in [1.807, 2.05) is 31.2 Å². The van der Waals surface area contributed by atoms with Gasteiger partial charge in [-0.1, -0.05) is 30.9 Å². The summed E-state index contributed by atoms with van der Waals surface area (Å²) in [4.78, 5) is 8.28. The number of benzene rings is 2. The lowest BCUT2D eigenvalue weighted by atomic mass is 9.98. The van der Waals surface area contributed by atoms with E-state index in [0.717, 1.165) is 44.6 Å². The van der Waals surface area contributed by atoms with Gasteiger partial charge in [-0.2, -0.15) is 0 Å². The van der Waals surface area contributed by atoms with Crippen LogP contribution in [0.4, 0.5) is 9.52 Å². The summed E-state index contributed by atoms with van der Waals surface area (Å²) in [6.45, 7) is 6.25. The fourth-order valence-electron chi connectivity index (χ4n) is 4.34. The van der Waals surface area contributed by atoms with Crippen LogP contribution >= 0.6 is 11.3 Å². The molecule has 1 saturated carbocycles. The van der Waals surface area contributed by atoms with Crippen LogP contribution in [0.1, 0.15) is 46.9 Å². The number of methoxy groups -OCH3 is 2. The number of anilines is 1. The first-order valence-electron chi connectivity index (χ1n) is 11.5. The summed E-state index contributed by atoms with van der Waals surface area (Å²) in [6.07, 6.45) is 9.16. The molecular weight excluding hydrogens is 447 g/mol. The Balaban J connectivity index is 1.78. The highest BCUT2D eigenvalue weighted by Crippen LogP contribution is 2.45. The van der Waals surface area contributed by atoms with Crippen molar-refractivity contribution in [3.05, 3.63) is 57.7 Å². The molecule has 6 heteroatoms. The SMILES string of the molecule is C#CCN(c1nc(-c2cc(C)c(OC)cc2OC)c(C)s1)C(CC1CC1)c1ccc(C)c(F)c1. The standard InChI is InChI=1S/C28H31FN2O2S/c1-7-12-31(24(14-20-9-10-20)21-11-8-17(2)23(29)15-21)28-30-27(19(4)34-28)22-13-18(3)25(32-5)16-26(22)33-6/h1,8,11,13,15-16,20,24H,9-10,12,14H2,2-6H3. The third-order valence-electron chi connectivity index (χ3n) is 6.48. The number of ether oxygens (including phenoxy) is 2. The molecule has 4 rings (SSSR count). The minimum absolute atomic E-state index is 0.0310. The highest BCUT2D eigenvalue weighted by Gasteiger charge is 2.32. The number of terminal acetylenes is 1. The zero-order valence-electron chi connectivity index (χ0n) is 20.4. The first-order chi connectivity index (χ1) is 16.4. The van der Waals surface area contributed by atoms with Crippen LogP contribution in [0.3, 0.4) is 0 Å². The van der Waals surface area contributed by atoms with Gasteiger partial charge in [0.1, 0.15) is 17.3 Å². The van der Waals surface area contributed by atoms with Crippen molar-refractivity contribution in [2.24, 2.45) is 5.92 Å². The number of rotatable bonds is 9. The van der Waals surface area contributed by atoms with Crippen molar-refractivity contribution in [1.82, 2.24) is 4.98 Å². The Bertz CT molecular complexity index is 1230. The smallest absolute Gasteiger partial charge is 0.187 e. The first-order valence-corrected chi connectivity index (χ1v) is 12.3. The Labute approximate surface area is 205 Å². The molecule has 0 amide bonds. The summed E-state index contributed by atoms with van der Waals surface area (Å²) in [5, 5.41) is 0.840. The van der Waals surface area contributed by atoms with E-state index >= 15 is 0 Å². The fraction of sp³-hybridized carbons (Fsp3) is 0.393. The van der Waals surface area contributed by atoms with E-state index in [2.05, 4.69) is 17.7 Å². The minimum atomic E-state index is -0.187. The van der Waals surface area contributed by atoms with Crippen molar-refractivity contribution in [3.63, 3.8) is 0 Å². The minimum Gasteiger partial charge on any atom is -0.496 e. The number of halogens is 1. The number of hydrogen-bond acceptors (Lipinski definition) is 5. The van der Waals surface area contributed by atoms with E-state index in [0.29, 0.717) is 23.8 Å². The van der Waals surface area contributed by atoms with Gasteiger partial charge < -0.3 is 14.4 Å². The molecule has 1 heterocycles. The summed E-state index contributed by atoms with van der Waals surface area (Å²) < 4.78 is 25.7. The number of thiazole rings is 1. The molecule has 0 radical (unpaired) electrons. The van der Waals surface area contributed by atoms with Crippen LogP contribution in [-0.4, -0.2) is 25.7 Å². The van der Waals surface area contributed by atoms with Crippen LogP contribution in [0, 0.1) is 44.9 Å². The van der Waals surface area contributed by atoms with Crippen LogP contribution in [0.15, 0.2) is 30.3 Å². The lowest BCUT2D eigenvalue weighted by molar-refractivity contribution is 0.393. The van der Waals surface area contributed by atoms with Crippen molar-refractivity contribution < 1.29 is 13.9 Å². The summed E-state index contributed by atoms with van der Waals surface area (Å²) >= 11 is 1.61. The molecule has 0 bridgehead atoms. The van der Waals surface area contributed by atoms with Crippen molar-refractivity contribution >= 4 is 16.5 Å². The number of aryl methyl sites for hydroxylation is 3. The molecule has 1 unspecified atom stereocenters. The van der Waals surface area contributed by atoms with Gasteiger partial charge in [0.25, 0.3) is 0 Å². The molecule has 3 aromatic rings. The van der Waals surface area contributed by atoms with Gasteiger partial charge in [0.2, 0.25) is 0 Å². The third-order valence-corrected chi connectivity index (χ3v) is 7.48. The van der Waals surface area contributed by atoms with Crippen molar-refractivity contribution in [1.29, 1.82) is 0 Å². The molecule has 2 aromatic carbocycles. The maximum Gasteiger partial charge on any atom is 0.187 e. The van der Waals surface area contributed by atoms with Crippen LogP contribution in [0.2, 0.25) is 0 Å². The van der Waals surface area contributed by atoms with Gasteiger partial charge in [-0.25, -0.2) is 9.37 Å². The number of nitrogens with zero attached hydrogens (tertiary/aromatic N) is 2. The largest absolute Gasteiger partial charge is 0.496 e. The molecule has 34 heavy (non-hydrogen) atoms. The summed E-state index contributed by atoms with van der Waals surface area (Å²) in [7, 11) is 3.30. The van der Waals surface area contributed by atoms with E-state index in [4.69, 9.17) is 20.9 Å². The Kier molecular flexibility index (Phi) is 7.13. The average Bonchev–Trinajstić information content (AvgIpc) is 3.57. The van der Waals surface area contributed by atoms with Crippen molar-refractivity contribution in [3.8, 4) is 35.1 Å². The monoisotopic (exact) mass is 478 g/mol. The molecule has 0 aliphatic heterocycles. The molecule has 1 aromatic heterocycles. The molecule has 0 N–H and O–H groups in total. The second-order valence-corrected chi connectivity index (χ2v) is 10.1. The maximum atomic E-state index is 14.5. The van der Waals surface area contributed by atoms with Gasteiger partial charge in [-0.3, -0.25) is 0 Å². The van der Waals surface area contributed by atoms with Gasteiger partial charge in [-0.15, -0.1) is 17.8 Å². The molecule has 1 atom stereocenters. The third kappa shape index (κ3) is 4.90. The van der Waals surface area contributed by atoms with Gasteiger partial charge in [0.15, 0.2) is 5.13 Å². The summed E-state index contributed by atoms with van der Waals surface area (Å²) in [5.74, 6) is 4.74. The topological polar surface area (TPSA) is 34.6 Å². The predicted molar refractivity (Wildman–Crippen MR) is 138 cm³/mol. The summed E-state index contributed by atoms with van der Waals surface area (Å²) in [5.41, 5.74) is 4.38. The van der Waals surface area contributed by atoms with Gasteiger partial charge in [-0.05, 0) is 61.9 Å². The average molecular weight is 479 g/mol. The van der Waals surface area contributed by atoms with E-state index in [-0.39, 0.29) is 11.9 Å². The first kappa shape index (κ1) is 24.1. The Morgan fingerprint density at radius 2 is 1.85 bits per heavy atom. The van der Waals surface area contributed by atoms with Gasteiger partial charge in [0, 0.05) is 16.5 Å². The molecule has 4 nitrogen and oxygen atoms in total. The van der Waals surface area contributed by atoms with E-state index in [1.54, 1.807) is 38.5 Å². The highest BCUT2D eigenvalue weighted by molar-refractivity contribution is 7.16. The van der Waals surface area contributed by atoms with Gasteiger partial charge in [0.05, 0.1) is 32.5 Å². The number of hydrogen-bond donors (Lipinski definition) is 0. The molecule has 1 fully saturated rings. The van der Waals surface area contributed by atoms with Crippen LogP contribution in [0.25, 0.3) is 11.3 Å². The van der Waals surface area contributed by atoms with Gasteiger partial charge >= 0.3 is 0 Å². The maximum absolute atomic E-state index is 14.5. The lowest BCUT2D eigenvalue weighted by Gasteiger charge is -2.31. The molecule has 1 aliphatic carbocycles. The Hall–Kier alpha value is -3.04. The molecular formula is C28H31FN2O2S. The molecule has 0 saturated heterocycles. The van der Waals surface area contributed by atoms with E-state index in [1.165, 1.54) is 12.8 Å². The predicted octanol–water partition coefficient (Wildman–Crippen LogP) is 6.87.